The zero-order chi connectivity index (χ0) is 14.9. The Labute approximate surface area is 129 Å². The third kappa shape index (κ3) is 3.08. The molecule has 0 heterocycles. The van der Waals surface area contributed by atoms with E-state index in [4.69, 9.17) is 5.73 Å². The lowest BCUT2D eigenvalue weighted by molar-refractivity contribution is 0.403. The molecule has 2 rings (SSSR count). The van der Waals surface area contributed by atoms with Gasteiger partial charge in [-0.2, -0.15) is 4.31 Å². The summed E-state index contributed by atoms with van der Waals surface area (Å²) in [7, 11) is -3.45. The lowest BCUT2D eigenvalue weighted by Crippen LogP contribution is -2.34. The number of nitrogens with two attached hydrogens (primary N) is 1. The normalized spacial score (nSPS) is 15.8. The second-order valence-electron chi connectivity index (χ2n) is 5.28. The van der Waals surface area contributed by atoms with Crippen LogP contribution in [0.5, 0.6) is 0 Å². The summed E-state index contributed by atoms with van der Waals surface area (Å²) in [4.78, 5) is 0.346. The predicted octanol–water partition coefficient (Wildman–Crippen LogP) is 2.78. The Kier molecular flexibility index (Phi) is 4.89. The Morgan fingerprint density at radius 3 is 2.55 bits per heavy atom. The summed E-state index contributed by atoms with van der Waals surface area (Å²) >= 11 is 3.42. The Bertz CT molecular complexity index is 597. The van der Waals surface area contributed by atoms with Gasteiger partial charge in [0.15, 0.2) is 0 Å². The van der Waals surface area contributed by atoms with Crippen LogP contribution in [0.1, 0.15) is 37.3 Å². The zero-order valence-electron chi connectivity index (χ0n) is 11.9. The van der Waals surface area contributed by atoms with Crippen molar-refractivity contribution in [1.29, 1.82) is 0 Å². The van der Waals surface area contributed by atoms with E-state index in [1.165, 1.54) is 0 Å². The maximum absolute atomic E-state index is 12.9. The standard InChI is InChI=1S/C14H21BrN2O2S/c1-3-6-17(12-4-5-12)20(18,19)13-8-11(9-16)7-10(2)14(13)15/h7-8,12H,3-6,9,16H2,1-2H3. The van der Waals surface area contributed by atoms with Gasteiger partial charge >= 0.3 is 0 Å². The van der Waals surface area contributed by atoms with Crippen LogP contribution in [0.3, 0.4) is 0 Å². The molecule has 1 fully saturated rings. The number of benzene rings is 1. The Morgan fingerprint density at radius 1 is 1.40 bits per heavy atom. The van der Waals surface area contributed by atoms with E-state index in [2.05, 4.69) is 15.9 Å². The molecular weight excluding hydrogens is 340 g/mol. The highest BCUT2D eigenvalue weighted by molar-refractivity contribution is 9.10. The van der Waals surface area contributed by atoms with E-state index in [-0.39, 0.29) is 6.04 Å². The lowest BCUT2D eigenvalue weighted by atomic mass is 10.1. The molecule has 0 atom stereocenters. The molecule has 1 aliphatic carbocycles. The van der Waals surface area contributed by atoms with Gasteiger partial charge in [-0.15, -0.1) is 0 Å². The smallest absolute Gasteiger partial charge is 0.244 e. The van der Waals surface area contributed by atoms with Crippen LogP contribution in [0.2, 0.25) is 0 Å². The van der Waals surface area contributed by atoms with Gasteiger partial charge in [-0.3, -0.25) is 0 Å². The van der Waals surface area contributed by atoms with Gasteiger partial charge in [0.05, 0.1) is 4.90 Å². The first-order valence-electron chi connectivity index (χ1n) is 6.92. The molecular formula is C14H21BrN2O2S. The number of sulfonamides is 1. The highest BCUT2D eigenvalue weighted by atomic mass is 79.9. The zero-order valence-corrected chi connectivity index (χ0v) is 14.3. The summed E-state index contributed by atoms with van der Waals surface area (Å²) in [5, 5.41) is 0. The molecule has 1 saturated carbocycles. The average Bonchev–Trinajstić information content (AvgIpc) is 3.22. The van der Waals surface area contributed by atoms with E-state index >= 15 is 0 Å². The number of aryl methyl sites for hydroxylation is 1. The SMILES string of the molecule is CCCN(C1CC1)S(=O)(=O)c1cc(CN)cc(C)c1Br. The van der Waals surface area contributed by atoms with Crippen molar-refractivity contribution in [3.63, 3.8) is 0 Å². The Morgan fingerprint density at radius 2 is 2.05 bits per heavy atom. The summed E-state index contributed by atoms with van der Waals surface area (Å²) in [6.45, 7) is 4.81. The topological polar surface area (TPSA) is 63.4 Å². The van der Waals surface area contributed by atoms with Gasteiger partial charge in [0.2, 0.25) is 10.0 Å². The van der Waals surface area contributed by atoms with E-state index in [0.29, 0.717) is 22.5 Å². The number of rotatable bonds is 6. The molecule has 0 bridgehead atoms. The lowest BCUT2D eigenvalue weighted by Gasteiger charge is -2.23. The van der Waals surface area contributed by atoms with Gasteiger partial charge in [-0.25, -0.2) is 8.42 Å². The van der Waals surface area contributed by atoms with Crippen LogP contribution in [0.4, 0.5) is 0 Å². The minimum absolute atomic E-state index is 0.175. The first-order valence-corrected chi connectivity index (χ1v) is 9.16. The summed E-state index contributed by atoms with van der Waals surface area (Å²) in [5.41, 5.74) is 7.41. The van der Waals surface area contributed by atoms with E-state index in [9.17, 15) is 8.42 Å². The summed E-state index contributed by atoms with van der Waals surface area (Å²) < 4.78 is 28.1. The van der Waals surface area contributed by atoms with Crippen molar-refractivity contribution in [3.8, 4) is 0 Å². The van der Waals surface area contributed by atoms with Crippen molar-refractivity contribution in [2.75, 3.05) is 6.54 Å². The first-order chi connectivity index (χ1) is 9.41. The molecule has 0 saturated heterocycles. The largest absolute Gasteiger partial charge is 0.326 e. The molecule has 0 aliphatic heterocycles. The Balaban J connectivity index is 2.49. The summed E-state index contributed by atoms with van der Waals surface area (Å²) in [6.07, 6.45) is 2.75. The molecule has 2 N–H and O–H groups in total. The quantitative estimate of drug-likeness (QED) is 0.848. The van der Waals surface area contributed by atoms with E-state index < -0.39 is 10.0 Å². The van der Waals surface area contributed by atoms with Gasteiger partial charge in [-0.1, -0.05) is 13.0 Å². The van der Waals surface area contributed by atoms with Gasteiger partial charge in [0, 0.05) is 23.6 Å². The third-order valence-electron chi connectivity index (χ3n) is 3.50. The van der Waals surface area contributed by atoms with Gasteiger partial charge in [-0.05, 0) is 59.3 Å². The second-order valence-corrected chi connectivity index (χ2v) is 7.93. The van der Waals surface area contributed by atoms with Crippen LogP contribution in [-0.2, 0) is 16.6 Å². The summed E-state index contributed by atoms with van der Waals surface area (Å²) in [6, 6.07) is 3.79. The minimum Gasteiger partial charge on any atom is -0.326 e. The van der Waals surface area contributed by atoms with Crippen molar-refractivity contribution in [1.82, 2.24) is 4.31 Å². The van der Waals surface area contributed by atoms with Crippen molar-refractivity contribution in [3.05, 3.63) is 27.7 Å². The molecule has 112 valence electrons. The minimum atomic E-state index is -3.45. The molecule has 6 heteroatoms. The molecule has 0 unspecified atom stereocenters. The molecule has 20 heavy (non-hydrogen) atoms. The molecule has 4 nitrogen and oxygen atoms in total. The molecule has 1 aromatic carbocycles. The number of hydrogen-bond donors (Lipinski definition) is 1. The molecule has 0 spiro atoms. The maximum Gasteiger partial charge on any atom is 0.244 e. The van der Waals surface area contributed by atoms with Crippen LogP contribution >= 0.6 is 15.9 Å². The Hall–Kier alpha value is -0.430. The molecule has 1 aliphatic rings. The van der Waals surface area contributed by atoms with Crippen LogP contribution in [-0.4, -0.2) is 25.3 Å². The highest BCUT2D eigenvalue weighted by Crippen LogP contribution is 2.36. The number of hydrogen-bond acceptors (Lipinski definition) is 3. The number of halogens is 1. The van der Waals surface area contributed by atoms with Crippen LogP contribution in [0, 0.1) is 6.92 Å². The predicted molar refractivity (Wildman–Crippen MR) is 84.0 cm³/mol. The summed E-state index contributed by atoms with van der Waals surface area (Å²) in [5.74, 6) is 0. The number of nitrogens with zero attached hydrogens (tertiary/aromatic N) is 1. The van der Waals surface area contributed by atoms with Crippen molar-refractivity contribution in [2.45, 2.75) is 50.6 Å². The molecule has 1 aromatic rings. The van der Waals surface area contributed by atoms with E-state index in [0.717, 1.165) is 30.4 Å². The van der Waals surface area contributed by atoms with Gasteiger partial charge in [0.25, 0.3) is 0 Å². The third-order valence-corrected chi connectivity index (χ3v) is 6.79. The van der Waals surface area contributed by atoms with Crippen LogP contribution in [0.25, 0.3) is 0 Å². The van der Waals surface area contributed by atoms with Crippen LogP contribution < -0.4 is 5.73 Å². The van der Waals surface area contributed by atoms with E-state index in [1.54, 1.807) is 10.4 Å². The second kappa shape index (κ2) is 6.13. The van der Waals surface area contributed by atoms with Crippen LogP contribution in [0.15, 0.2) is 21.5 Å². The van der Waals surface area contributed by atoms with Crippen molar-refractivity contribution in [2.24, 2.45) is 5.73 Å². The molecule has 0 amide bonds. The fourth-order valence-corrected chi connectivity index (χ4v) is 5.13. The monoisotopic (exact) mass is 360 g/mol. The van der Waals surface area contributed by atoms with Gasteiger partial charge < -0.3 is 5.73 Å². The van der Waals surface area contributed by atoms with Gasteiger partial charge in [0.1, 0.15) is 0 Å². The maximum atomic E-state index is 12.9. The fourth-order valence-electron chi connectivity index (χ4n) is 2.32. The van der Waals surface area contributed by atoms with E-state index in [1.807, 2.05) is 19.9 Å². The van der Waals surface area contributed by atoms with Crippen molar-refractivity contribution >= 4 is 26.0 Å². The highest BCUT2D eigenvalue weighted by Gasteiger charge is 2.38. The average molecular weight is 361 g/mol. The van der Waals surface area contributed by atoms with Crippen molar-refractivity contribution < 1.29 is 8.42 Å². The molecule has 0 radical (unpaired) electrons. The fraction of sp³-hybridized carbons (Fsp3) is 0.571. The molecule has 0 aromatic heterocycles. The first kappa shape index (κ1) is 15.9.